The van der Waals surface area contributed by atoms with Crippen molar-refractivity contribution in [3.63, 3.8) is 0 Å². The number of carbonyl (C=O) groups is 2. The van der Waals surface area contributed by atoms with E-state index >= 15 is 0 Å². The second-order valence-electron chi connectivity index (χ2n) is 4.85. The zero-order valence-corrected chi connectivity index (χ0v) is 11.6. The molecule has 1 amide bonds. The number of anilines is 1. The summed E-state index contributed by atoms with van der Waals surface area (Å²) in [6.45, 7) is 2.44. The highest BCUT2D eigenvalue weighted by Gasteiger charge is 2.16. The smallest absolute Gasteiger partial charge is 0.338 e. The summed E-state index contributed by atoms with van der Waals surface area (Å²) >= 11 is 0. The molecule has 0 bridgehead atoms. The fourth-order valence-electron chi connectivity index (χ4n) is 2.12. The molecule has 5 heteroatoms. The summed E-state index contributed by atoms with van der Waals surface area (Å²) in [4.78, 5) is 22.9. The molecule has 1 unspecified atom stereocenters. The Morgan fingerprint density at radius 3 is 2.95 bits per heavy atom. The molecule has 5 nitrogen and oxygen atoms in total. The number of hydrogen-bond donors (Lipinski definition) is 1. The zero-order chi connectivity index (χ0) is 14.4. The number of amides is 1. The zero-order valence-electron chi connectivity index (χ0n) is 11.6. The van der Waals surface area contributed by atoms with Crippen molar-refractivity contribution in [1.29, 1.82) is 0 Å². The SMILES string of the molecule is CC(=O)Nc1cccc(C(=O)OCC2CCCCO2)c1. The van der Waals surface area contributed by atoms with E-state index in [1.807, 2.05) is 0 Å². The van der Waals surface area contributed by atoms with E-state index in [2.05, 4.69) is 5.32 Å². The van der Waals surface area contributed by atoms with E-state index in [-0.39, 0.29) is 18.6 Å². The lowest BCUT2D eigenvalue weighted by Crippen LogP contribution is -2.26. The molecule has 1 aromatic carbocycles. The van der Waals surface area contributed by atoms with Crippen molar-refractivity contribution >= 4 is 17.6 Å². The highest BCUT2D eigenvalue weighted by Crippen LogP contribution is 2.15. The Kier molecular flexibility index (Phi) is 5.12. The van der Waals surface area contributed by atoms with Crippen LogP contribution in [-0.4, -0.2) is 31.2 Å². The van der Waals surface area contributed by atoms with Gasteiger partial charge >= 0.3 is 5.97 Å². The number of carbonyl (C=O) groups excluding carboxylic acids is 2. The molecule has 1 saturated heterocycles. The van der Waals surface area contributed by atoms with Gasteiger partial charge in [0, 0.05) is 19.2 Å². The molecule has 20 heavy (non-hydrogen) atoms. The lowest BCUT2D eigenvalue weighted by molar-refractivity contribution is -0.114. The van der Waals surface area contributed by atoms with Crippen LogP contribution in [-0.2, 0) is 14.3 Å². The van der Waals surface area contributed by atoms with Gasteiger partial charge in [0.1, 0.15) is 6.61 Å². The molecule has 1 aliphatic heterocycles. The van der Waals surface area contributed by atoms with Crippen LogP contribution in [0.2, 0.25) is 0 Å². The first-order valence-electron chi connectivity index (χ1n) is 6.81. The maximum Gasteiger partial charge on any atom is 0.338 e. The molecule has 1 atom stereocenters. The molecule has 2 rings (SSSR count). The predicted molar refractivity (Wildman–Crippen MR) is 74.6 cm³/mol. The van der Waals surface area contributed by atoms with Gasteiger partial charge in [0.05, 0.1) is 11.7 Å². The monoisotopic (exact) mass is 277 g/mol. The number of nitrogens with one attached hydrogen (secondary N) is 1. The molecule has 1 fully saturated rings. The quantitative estimate of drug-likeness (QED) is 0.858. The molecule has 0 saturated carbocycles. The van der Waals surface area contributed by atoms with Crippen LogP contribution in [0.25, 0.3) is 0 Å². The van der Waals surface area contributed by atoms with Crippen LogP contribution in [0.15, 0.2) is 24.3 Å². The summed E-state index contributed by atoms with van der Waals surface area (Å²) in [7, 11) is 0. The van der Waals surface area contributed by atoms with E-state index in [0.29, 0.717) is 11.3 Å². The van der Waals surface area contributed by atoms with Crippen molar-refractivity contribution < 1.29 is 19.1 Å². The highest BCUT2D eigenvalue weighted by atomic mass is 16.6. The van der Waals surface area contributed by atoms with Gasteiger partial charge in [0.25, 0.3) is 0 Å². The first kappa shape index (κ1) is 14.5. The molecule has 0 spiro atoms. The van der Waals surface area contributed by atoms with Crippen LogP contribution >= 0.6 is 0 Å². The van der Waals surface area contributed by atoms with Crippen LogP contribution in [0, 0.1) is 0 Å². The second-order valence-corrected chi connectivity index (χ2v) is 4.85. The molecule has 0 aromatic heterocycles. The van der Waals surface area contributed by atoms with Crippen molar-refractivity contribution in [3.8, 4) is 0 Å². The Morgan fingerprint density at radius 2 is 2.25 bits per heavy atom. The summed E-state index contributed by atoms with van der Waals surface area (Å²) in [5, 5.41) is 2.63. The molecule has 0 radical (unpaired) electrons. The summed E-state index contributed by atoms with van der Waals surface area (Å²) in [5.74, 6) is -0.572. The minimum atomic E-state index is -0.397. The minimum absolute atomic E-state index is 0.00577. The third-order valence-corrected chi connectivity index (χ3v) is 3.09. The number of ether oxygens (including phenoxy) is 2. The molecular formula is C15H19NO4. The van der Waals surface area contributed by atoms with Gasteiger partial charge in [-0.1, -0.05) is 6.07 Å². The fourth-order valence-corrected chi connectivity index (χ4v) is 2.12. The third kappa shape index (κ3) is 4.35. The summed E-state index contributed by atoms with van der Waals surface area (Å²) in [6, 6.07) is 6.70. The van der Waals surface area contributed by atoms with E-state index in [0.717, 1.165) is 25.9 Å². The Morgan fingerprint density at radius 1 is 1.40 bits per heavy atom. The lowest BCUT2D eigenvalue weighted by atomic mass is 10.1. The van der Waals surface area contributed by atoms with E-state index in [1.54, 1.807) is 24.3 Å². The molecule has 1 aliphatic rings. The summed E-state index contributed by atoms with van der Waals surface area (Å²) in [6.07, 6.45) is 3.12. The molecule has 1 aromatic rings. The maximum atomic E-state index is 11.9. The van der Waals surface area contributed by atoms with Crippen LogP contribution in [0.5, 0.6) is 0 Å². The van der Waals surface area contributed by atoms with Crippen LogP contribution in [0.3, 0.4) is 0 Å². The highest BCUT2D eigenvalue weighted by molar-refractivity contribution is 5.93. The lowest BCUT2D eigenvalue weighted by Gasteiger charge is -2.22. The molecule has 108 valence electrons. The van der Waals surface area contributed by atoms with Crippen LogP contribution < -0.4 is 5.32 Å². The number of benzene rings is 1. The van der Waals surface area contributed by atoms with Gasteiger partial charge in [-0.15, -0.1) is 0 Å². The van der Waals surface area contributed by atoms with Crippen LogP contribution in [0.1, 0.15) is 36.5 Å². The molecule has 1 N–H and O–H groups in total. The number of hydrogen-bond acceptors (Lipinski definition) is 4. The van der Waals surface area contributed by atoms with Gasteiger partial charge < -0.3 is 14.8 Å². The van der Waals surface area contributed by atoms with Gasteiger partial charge in [-0.25, -0.2) is 4.79 Å². The summed E-state index contributed by atoms with van der Waals surface area (Å²) < 4.78 is 10.8. The van der Waals surface area contributed by atoms with Crippen molar-refractivity contribution in [2.75, 3.05) is 18.5 Å². The Balaban J connectivity index is 1.89. The standard InChI is InChI=1S/C15H19NO4/c1-11(17)16-13-6-4-5-12(9-13)15(18)20-10-14-7-2-3-8-19-14/h4-6,9,14H,2-3,7-8,10H2,1H3,(H,16,17). The van der Waals surface area contributed by atoms with E-state index in [1.165, 1.54) is 6.92 Å². The largest absolute Gasteiger partial charge is 0.459 e. The average Bonchev–Trinajstić information content (AvgIpc) is 2.45. The Labute approximate surface area is 118 Å². The van der Waals surface area contributed by atoms with E-state index in [4.69, 9.17) is 9.47 Å². The molecule has 1 heterocycles. The van der Waals surface area contributed by atoms with E-state index in [9.17, 15) is 9.59 Å². The van der Waals surface area contributed by atoms with Crippen molar-refractivity contribution in [3.05, 3.63) is 29.8 Å². The van der Waals surface area contributed by atoms with Crippen LogP contribution in [0.4, 0.5) is 5.69 Å². The van der Waals surface area contributed by atoms with E-state index < -0.39 is 5.97 Å². The average molecular weight is 277 g/mol. The van der Waals surface area contributed by atoms with Gasteiger partial charge in [-0.2, -0.15) is 0 Å². The fraction of sp³-hybridized carbons (Fsp3) is 0.467. The molecule has 0 aliphatic carbocycles. The van der Waals surface area contributed by atoms with Gasteiger partial charge in [-0.05, 0) is 37.5 Å². The third-order valence-electron chi connectivity index (χ3n) is 3.09. The Bertz CT molecular complexity index is 481. The maximum absolute atomic E-state index is 11.9. The number of rotatable bonds is 4. The second kappa shape index (κ2) is 7.05. The van der Waals surface area contributed by atoms with Gasteiger partial charge in [0.15, 0.2) is 0 Å². The van der Waals surface area contributed by atoms with Crippen molar-refractivity contribution in [2.45, 2.75) is 32.3 Å². The number of esters is 1. The minimum Gasteiger partial charge on any atom is -0.459 e. The van der Waals surface area contributed by atoms with Gasteiger partial charge in [-0.3, -0.25) is 4.79 Å². The molecular weight excluding hydrogens is 258 g/mol. The van der Waals surface area contributed by atoms with Crippen molar-refractivity contribution in [1.82, 2.24) is 0 Å². The summed E-state index contributed by atoms with van der Waals surface area (Å²) in [5.41, 5.74) is 1.01. The first-order valence-corrected chi connectivity index (χ1v) is 6.81. The topological polar surface area (TPSA) is 64.6 Å². The predicted octanol–water partition coefficient (Wildman–Crippen LogP) is 2.37. The first-order chi connectivity index (χ1) is 9.65. The van der Waals surface area contributed by atoms with Crippen molar-refractivity contribution in [2.24, 2.45) is 0 Å². The Hall–Kier alpha value is -1.88. The van der Waals surface area contributed by atoms with Gasteiger partial charge in [0.2, 0.25) is 5.91 Å². The normalized spacial score (nSPS) is 18.4.